The second-order valence-corrected chi connectivity index (χ2v) is 10.3. The van der Waals surface area contributed by atoms with Gasteiger partial charge >= 0.3 is 0 Å². The Hall–Kier alpha value is -1.42. The van der Waals surface area contributed by atoms with Gasteiger partial charge < -0.3 is 4.57 Å². The highest BCUT2D eigenvalue weighted by Gasteiger charge is 2.34. The lowest BCUT2D eigenvalue weighted by atomic mass is 10.0. The number of benzene rings is 1. The summed E-state index contributed by atoms with van der Waals surface area (Å²) in [5, 5.41) is 0. The molecule has 6 nitrogen and oxygen atoms in total. The summed E-state index contributed by atoms with van der Waals surface area (Å²) in [5.41, 5.74) is 0.993. The molecule has 1 aromatic heterocycles. The predicted octanol–water partition coefficient (Wildman–Crippen LogP) is 2.85. The molecule has 1 aliphatic heterocycles. The first-order chi connectivity index (χ1) is 12.8. The molecule has 0 saturated carbocycles. The van der Waals surface area contributed by atoms with Crippen molar-refractivity contribution < 1.29 is 13.2 Å². The predicted molar refractivity (Wildman–Crippen MR) is 112 cm³/mol. The smallest absolute Gasteiger partial charge is 0.266 e. The highest BCUT2D eigenvalue weighted by molar-refractivity contribution is 7.98. The Morgan fingerprint density at radius 1 is 1.44 bits per heavy atom. The second-order valence-electron chi connectivity index (χ2n) is 6.45. The van der Waals surface area contributed by atoms with Gasteiger partial charge in [-0.05, 0) is 37.3 Å². The summed E-state index contributed by atoms with van der Waals surface area (Å²) >= 11 is 3.10. The molecule has 1 amide bonds. The van der Waals surface area contributed by atoms with Crippen LogP contribution in [0.2, 0.25) is 0 Å². The van der Waals surface area contributed by atoms with Crippen molar-refractivity contribution >= 4 is 49.2 Å². The number of allylic oxidation sites excluding steroid dienone is 1. The number of hydrogen-bond acceptors (Lipinski definition) is 5. The topological polar surface area (TPSA) is 71.7 Å². The molecule has 1 fully saturated rings. The first-order valence-corrected chi connectivity index (χ1v) is 12.6. The summed E-state index contributed by atoms with van der Waals surface area (Å²) in [6.45, 7) is 4.70. The number of amides is 1. The number of thioether (sulfide) groups is 1. The van der Waals surface area contributed by atoms with E-state index in [0.717, 1.165) is 34.2 Å². The van der Waals surface area contributed by atoms with Gasteiger partial charge in [0.15, 0.2) is 4.80 Å². The van der Waals surface area contributed by atoms with Crippen LogP contribution in [0.15, 0.2) is 40.7 Å². The standard InChI is InChI=1S/C18H23N3O3S3/c1-4-10-20-14-9-8-13(25-2)12-16(14)26-18(20)19-17(22)15-7-5-6-11-21(15)27(3,23)24/h4,8-9,12,15H,1,5-7,10-11H2,2-3H3. The van der Waals surface area contributed by atoms with Gasteiger partial charge in [0.1, 0.15) is 6.04 Å². The summed E-state index contributed by atoms with van der Waals surface area (Å²) < 4.78 is 28.4. The molecule has 2 aromatic rings. The van der Waals surface area contributed by atoms with E-state index >= 15 is 0 Å². The van der Waals surface area contributed by atoms with Crippen molar-refractivity contribution in [1.29, 1.82) is 0 Å². The normalized spacial score (nSPS) is 19.5. The molecule has 1 unspecified atom stereocenters. The monoisotopic (exact) mass is 425 g/mol. The SMILES string of the molecule is C=CCn1c(=NC(=O)C2CCCCN2S(C)(=O)=O)sc2cc(SC)ccc21. The fraction of sp³-hybridized carbons (Fsp3) is 0.444. The Labute approximate surface area is 167 Å². The molecule has 0 aliphatic carbocycles. The average Bonchev–Trinajstić information content (AvgIpc) is 2.97. The van der Waals surface area contributed by atoms with E-state index in [4.69, 9.17) is 0 Å². The minimum atomic E-state index is -3.44. The lowest BCUT2D eigenvalue weighted by molar-refractivity contribution is -0.122. The average molecular weight is 426 g/mol. The van der Waals surface area contributed by atoms with Gasteiger partial charge in [-0.2, -0.15) is 9.30 Å². The van der Waals surface area contributed by atoms with E-state index < -0.39 is 22.0 Å². The van der Waals surface area contributed by atoms with Gasteiger partial charge in [0, 0.05) is 18.0 Å². The first-order valence-electron chi connectivity index (χ1n) is 8.69. The van der Waals surface area contributed by atoms with Crippen LogP contribution in [0, 0.1) is 0 Å². The van der Waals surface area contributed by atoms with Gasteiger partial charge in [-0.25, -0.2) is 8.42 Å². The molecule has 1 aliphatic rings. The summed E-state index contributed by atoms with van der Waals surface area (Å²) in [5.74, 6) is -0.394. The quantitative estimate of drug-likeness (QED) is 0.545. The highest BCUT2D eigenvalue weighted by Crippen LogP contribution is 2.25. The molecule has 27 heavy (non-hydrogen) atoms. The lowest BCUT2D eigenvalue weighted by Gasteiger charge is -2.31. The van der Waals surface area contributed by atoms with Crippen LogP contribution in [-0.4, -0.2) is 48.3 Å². The number of piperidine rings is 1. The van der Waals surface area contributed by atoms with E-state index in [2.05, 4.69) is 17.6 Å². The Balaban J connectivity index is 2.06. The number of carbonyl (C=O) groups is 1. The number of rotatable bonds is 5. The zero-order chi connectivity index (χ0) is 19.6. The minimum Gasteiger partial charge on any atom is -0.313 e. The highest BCUT2D eigenvalue weighted by atomic mass is 32.2. The molecule has 0 spiro atoms. The van der Waals surface area contributed by atoms with Crippen LogP contribution in [0.25, 0.3) is 10.2 Å². The maximum absolute atomic E-state index is 12.9. The van der Waals surface area contributed by atoms with E-state index in [1.807, 2.05) is 23.0 Å². The van der Waals surface area contributed by atoms with E-state index in [1.54, 1.807) is 17.8 Å². The second kappa shape index (κ2) is 8.30. The number of hydrogen-bond donors (Lipinski definition) is 0. The summed E-state index contributed by atoms with van der Waals surface area (Å²) in [6, 6.07) is 5.43. The van der Waals surface area contributed by atoms with Crippen molar-refractivity contribution in [2.45, 2.75) is 36.7 Å². The number of nitrogens with zero attached hydrogens (tertiary/aromatic N) is 3. The van der Waals surface area contributed by atoms with Crippen molar-refractivity contribution in [2.24, 2.45) is 4.99 Å². The van der Waals surface area contributed by atoms with Crippen LogP contribution in [0.1, 0.15) is 19.3 Å². The van der Waals surface area contributed by atoms with E-state index in [0.29, 0.717) is 24.3 Å². The zero-order valence-electron chi connectivity index (χ0n) is 15.4. The van der Waals surface area contributed by atoms with Crippen LogP contribution in [0.5, 0.6) is 0 Å². The summed E-state index contributed by atoms with van der Waals surface area (Å²) in [7, 11) is -3.44. The Kier molecular flexibility index (Phi) is 6.25. The van der Waals surface area contributed by atoms with Crippen LogP contribution in [0.4, 0.5) is 0 Å². The maximum Gasteiger partial charge on any atom is 0.266 e. The Morgan fingerprint density at radius 3 is 2.89 bits per heavy atom. The number of sulfonamides is 1. The summed E-state index contributed by atoms with van der Waals surface area (Å²) in [4.78, 5) is 18.9. The van der Waals surface area contributed by atoms with Gasteiger partial charge in [-0.3, -0.25) is 4.79 Å². The van der Waals surface area contributed by atoms with Crippen LogP contribution < -0.4 is 4.80 Å². The van der Waals surface area contributed by atoms with Crippen molar-refractivity contribution in [2.75, 3.05) is 19.1 Å². The van der Waals surface area contributed by atoms with Crippen LogP contribution in [0.3, 0.4) is 0 Å². The molecule has 146 valence electrons. The van der Waals surface area contributed by atoms with E-state index in [1.165, 1.54) is 15.6 Å². The lowest BCUT2D eigenvalue weighted by Crippen LogP contribution is -2.47. The largest absolute Gasteiger partial charge is 0.313 e. The first kappa shape index (κ1) is 20.3. The third kappa shape index (κ3) is 4.37. The van der Waals surface area contributed by atoms with Crippen LogP contribution >= 0.6 is 23.1 Å². The van der Waals surface area contributed by atoms with Crippen molar-refractivity contribution in [1.82, 2.24) is 8.87 Å². The Bertz CT molecular complexity index is 1040. The van der Waals surface area contributed by atoms with Gasteiger partial charge in [-0.1, -0.05) is 23.8 Å². The number of fused-ring (bicyclic) bond motifs is 1. The molecule has 1 saturated heterocycles. The third-order valence-corrected chi connectivity index (χ3v) is 7.63. The molecule has 0 N–H and O–H groups in total. The van der Waals surface area contributed by atoms with Gasteiger partial charge in [-0.15, -0.1) is 18.3 Å². The molecule has 3 rings (SSSR count). The third-order valence-electron chi connectivity index (χ3n) is 4.57. The molecule has 9 heteroatoms. The molecule has 0 bridgehead atoms. The van der Waals surface area contributed by atoms with Crippen LogP contribution in [-0.2, 0) is 21.4 Å². The number of thiazole rings is 1. The molecule has 1 atom stereocenters. The van der Waals surface area contributed by atoms with Crippen molar-refractivity contribution in [3.05, 3.63) is 35.7 Å². The van der Waals surface area contributed by atoms with Gasteiger partial charge in [0.25, 0.3) is 5.91 Å². The van der Waals surface area contributed by atoms with E-state index in [-0.39, 0.29) is 0 Å². The fourth-order valence-corrected chi connectivity index (χ4v) is 6.01. The number of carbonyl (C=O) groups excluding carboxylic acids is 1. The summed E-state index contributed by atoms with van der Waals surface area (Å²) in [6.07, 6.45) is 7.05. The van der Waals surface area contributed by atoms with E-state index in [9.17, 15) is 13.2 Å². The Morgan fingerprint density at radius 2 is 2.22 bits per heavy atom. The minimum absolute atomic E-state index is 0.376. The molecule has 1 aromatic carbocycles. The molecular weight excluding hydrogens is 402 g/mol. The van der Waals surface area contributed by atoms with Crippen molar-refractivity contribution in [3.8, 4) is 0 Å². The molecule has 0 radical (unpaired) electrons. The number of aromatic nitrogens is 1. The van der Waals surface area contributed by atoms with Crippen molar-refractivity contribution in [3.63, 3.8) is 0 Å². The molecular formula is C18H23N3O3S3. The maximum atomic E-state index is 12.9. The van der Waals surface area contributed by atoms with Gasteiger partial charge in [0.2, 0.25) is 10.0 Å². The fourth-order valence-electron chi connectivity index (χ4n) is 3.29. The molecule has 2 heterocycles. The zero-order valence-corrected chi connectivity index (χ0v) is 17.9. The van der Waals surface area contributed by atoms with Gasteiger partial charge in [0.05, 0.1) is 16.5 Å².